The van der Waals surface area contributed by atoms with Crippen molar-refractivity contribution in [2.75, 3.05) is 19.6 Å². The Hall–Kier alpha value is -2.24. The normalized spacial score (nSPS) is 32.8. The summed E-state index contributed by atoms with van der Waals surface area (Å²) in [6.45, 7) is 4.59. The first-order valence-electron chi connectivity index (χ1n) is 10.1. The molecule has 2 bridgehead atoms. The van der Waals surface area contributed by atoms with Crippen molar-refractivity contribution >= 4 is 11.0 Å². The molecular formula is C22H24N4O. The van der Waals surface area contributed by atoms with Crippen LogP contribution in [0.25, 0.3) is 11.0 Å². The second-order valence-electron chi connectivity index (χ2n) is 8.35. The average Bonchev–Trinajstić information content (AvgIpc) is 3.36. The van der Waals surface area contributed by atoms with Gasteiger partial charge >= 0.3 is 0 Å². The number of aromatic nitrogens is 2. The summed E-state index contributed by atoms with van der Waals surface area (Å²) in [5, 5.41) is 8.19. The first-order chi connectivity index (χ1) is 13.4. The van der Waals surface area contributed by atoms with Crippen LogP contribution in [0.2, 0.25) is 0 Å². The van der Waals surface area contributed by atoms with Gasteiger partial charge in [0.05, 0.1) is 0 Å². The van der Waals surface area contributed by atoms with E-state index in [2.05, 4.69) is 62.6 Å². The molecule has 2 aromatic carbocycles. The van der Waals surface area contributed by atoms with Crippen LogP contribution < -0.4 is 0 Å². The second kappa shape index (κ2) is 6.14. The molecule has 5 heteroatoms. The second-order valence-corrected chi connectivity index (χ2v) is 8.35. The van der Waals surface area contributed by atoms with E-state index >= 15 is 0 Å². The van der Waals surface area contributed by atoms with Gasteiger partial charge in [-0.25, -0.2) is 4.63 Å². The monoisotopic (exact) mass is 360 g/mol. The molecular weight excluding hydrogens is 336 g/mol. The van der Waals surface area contributed by atoms with E-state index in [9.17, 15) is 0 Å². The molecule has 5 heterocycles. The Balaban J connectivity index is 1.38. The predicted octanol–water partition coefficient (Wildman–Crippen LogP) is 3.29. The van der Waals surface area contributed by atoms with Crippen LogP contribution >= 0.6 is 0 Å². The molecule has 0 aliphatic carbocycles. The van der Waals surface area contributed by atoms with Gasteiger partial charge in [0.15, 0.2) is 0 Å². The highest BCUT2D eigenvalue weighted by molar-refractivity contribution is 5.76. The third kappa shape index (κ3) is 2.45. The van der Waals surface area contributed by atoms with Gasteiger partial charge in [0.25, 0.3) is 0 Å². The number of benzene rings is 2. The van der Waals surface area contributed by atoms with Crippen molar-refractivity contribution in [2.24, 2.45) is 5.92 Å². The lowest BCUT2D eigenvalue weighted by Crippen LogP contribution is -2.59. The Bertz CT molecular complexity index is 947. The van der Waals surface area contributed by atoms with Gasteiger partial charge in [-0.2, -0.15) is 0 Å². The SMILES string of the molecule is c1ccc([C@H]2CN(Cc3cccc4nonc34)[C@H]3C4CCN(CC4)[C@@H]23)cc1. The summed E-state index contributed by atoms with van der Waals surface area (Å²) in [7, 11) is 0. The number of fused-ring (bicyclic) bond motifs is 3. The van der Waals surface area contributed by atoms with E-state index in [0.29, 0.717) is 18.0 Å². The largest absolute Gasteiger partial charge is 0.298 e. The Morgan fingerprint density at radius 1 is 0.926 bits per heavy atom. The van der Waals surface area contributed by atoms with Crippen molar-refractivity contribution in [2.45, 2.75) is 37.4 Å². The molecule has 0 radical (unpaired) electrons. The highest BCUT2D eigenvalue weighted by Crippen LogP contribution is 2.47. The van der Waals surface area contributed by atoms with E-state index in [1.54, 1.807) is 0 Å². The molecule has 0 saturated carbocycles. The number of rotatable bonds is 3. The van der Waals surface area contributed by atoms with Crippen molar-refractivity contribution in [3.8, 4) is 0 Å². The Morgan fingerprint density at radius 3 is 2.63 bits per heavy atom. The summed E-state index contributed by atoms with van der Waals surface area (Å²) >= 11 is 0. The van der Waals surface area contributed by atoms with Crippen LogP contribution in [0.3, 0.4) is 0 Å². The first-order valence-corrected chi connectivity index (χ1v) is 10.1. The summed E-state index contributed by atoms with van der Waals surface area (Å²) in [5.41, 5.74) is 4.50. The van der Waals surface area contributed by atoms with Crippen molar-refractivity contribution in [3.05, 3.63) is 59.7 Å². The summed E-state index contributed by atoms with van der Waals surface area (Å²) in [5.74, 6) is 1.41. The van der Waals surface area contributed by atoms with Gasteiger partial charge in [-0.05, 0) is 59.4 Å². The van der Waals surface area contributed by atoms with Crippen LogP contribution in [0.15, 0.2) is 53.2 Å². The van der Waals surface area contributed by atoms with Gasteiger partial charge in [0, 0.05) is 31.1 Å². The van der Waals surface area contributed by atoms with E-state index in [-0.39, 0.29) is 0 Å². The van der Waals surface area contributed by atoms with Gasteiger partial charge in [0.2, 0.25) is 0 Å². The third-order valence-corrected chi connectivity index (χ3v) is 7.06. The molecule has 27 heavy (non-hydrogen) atoms. The Labute approximate surface area is 158 Å². The smallest absolute Gasteiger partial charge is 0.139 e. The fourth-order valence-electron chi connectivity index (χ4n) is 5.92. The van der Waals surface area contributed by atoms with E-state index < -0.39 is 0 Å². The molecule has 0 unspecified atom stereocenters. The first kappa shape index (κ1) is 15.8. The molecule has 0 N–H and O–H groups in total. The third-order valence-electron chi connectivity index (χ3n) is 7.06. The van der Waals surface area contributed by atoms with Crippen molar-refractivity contribution in [1.82, 2.24) is 20.1 Å². The fraction of sp³-hybridized carbons (Fsp3) is 0.455. The van der Waals surface area contributed by atoms with E-state index in [4.69, 9.17) is 4.63 Å². The average molecular weight is 360 g/mol. The Morgan fingerprint density at radius 2 is 1.78 bits per heavy atom. The predicted molar refractivity (Wildman–Crippen MR) is 103 cm³/mol. The van der Waals surface area contributed by atoms with E-state index in [1.165, 1.54) is 37.1 Å². The summed E-state index contributed by atoms with van der Waals surface area (Å²) in [6.07, 6.45) is 2.68. The number of piperidine rings is 3. The van der Waals surface area contributed by atoms with Gasteiger partial charge in [-0.15, -0.1) is 0 Å². The zero-order valence-corrected chi connectivity index (χ0v) is 15.4. The van der Waals surface area contributed by atoms with E-state index in [0.717, 1.165) is 30.0 Å². The number of hydrogen-bond acceptors (Lipinski definition) is 5. The van der Waals surface area contributed by atoms with E-state index in [1.807, 2.05) is 6.07 Å². The molecule has 5 nitrogen and oxygen atoms in total. The zero-order valence-electron chi connectivity index (χ0n) is 15.4. The van der Waals surface area contributed by atoms with Crippen LogP contribution in [0.4, 0.5) is 0 Å². The summed E-state index contributed by atoms with van der Waals surface area (Å²) in [4.78, 5) is 5.49. The standard InChI is InChI=1S/C22H24N4O/c1-2-5-15(6-3-1)18-14-26(21-16-9-11-25(12-10-16)22(18)21)13-17-7-4-8-19-20(17)24-27-23-19/h1-8,16,18,21-22H,9-14H2/t18-,21+,22+/m1/s1. The molecule has 138 valence electrons. The van der Waals surface area contributed by atoms with Gasteiger partial charge in [0.1, 0.15) is 11.0 Å². The van der Waals surface area contributed by atoms with Crippen LogP contribution in [0, 0.1) is 5.92 Å². The van der Waals surface area contributed by atoms with Crippen LogP contribution in [-0.2, 0) is 6.54 Å². The number of likely N-dealkylation sites (tertiary alicyclic amines) is 1. The molecule has 3 aromatic rings. The molecule has 0 amide bonds. The van der Waals surface area contributed by atoms with Crippen molar-refractivity contribution in [1.29, 1.82) is 0 Å². The summed E-state index contributed by atoms with van der Waals surface area (Å²) in [6, 6.07) is 18.6. The highest BCUT2D eigenvalue weighted by atomic mass is 16.6. The maximum absolute atomic E-state index is 4.99. The molecule has 4 fully saturated rings. The number of nitrogens with zero attached hydrogens (tertiary/aromatic N) is 4. The molecule has 4 aliphatic heterocycles. The topological polar surface area (TPSA) is 45.4 Å². The maximum atomic E-state index is 4.99. The minimum atomic E-state index is 0.592. The molecule has 7 rings (SSSR count). The minimum absolute atomic E-state index is 0.592. The van der Waals surface area contributed by atoms with Gasteiger partial charge in [-0.3, -0.25) is 9.80 Å². The lowest BCUT2D eigenvalue weighted by Gasteiger charge is -2.51. The number of hydrogen-bond donors (Lipinski definition) is 0. The van der Waals surface area contributed by atoms with Crippen LogP contribution in [0.1, 0.15) is 29.9 Å². The molecule has 3 atom stereocenters. The minimum Gasteiger partial charge on any atom is -0.298 e. The lowest BCUT2D eigenvalue weighted by atomic mass is 9.75. The van der Waals surface area contributed by atoms with Crippen molar-refractivity contribution in [3.63, 3.8) is 0 Å². The molecule has 4 aliphatic rings. The van der Waals surface area contributed by atoms with Crippen LogP contribution in [-0.4, -0.2) is 51.8 Å². The van der Waals surface area contributed by atoms with Gasteiger partial charge in [-0.1, -0.05) is 42.5 Å². The van der Waals surface area contributed by atoms with Crippen LogP contribution in [0.5, 0.6) is 0 Å². The van der Waals surface area contributed by atoms with Crippen molar-refractivity contribution < 1.29 is 4.63 Å². The zero-order chi connectivity index (χ0) is 17.8. The maximum Gasteiger partial charge on any atom is 0.139 e. The van der Waals surface area contributed by atoms with Gasteiger partial charge < -0.3 is 0 Å². The highest BCUT2D eigenvalue weighted by Gasteiger charge is 2.53. The fourth-order valence-corrected chi connectivity index (χ4v) is 5.92. The Kier molecular flexibility index (Phi) is 3.59. The lowest BCUT2D eigenvalue weighted by molar-refractivity contribution is -0.00861. The molecule has 4 saturated heterocycles. The molecule has 0 spiro atoms. The molecule has 1 aromatic heterocycles. The quantitative estimate of drug-likeness (QED) is 0.717. The summed E-state index contributed by atoms with van der Waals surface area (Å²) < 4.78 is 4.99.